The van der Waals surface area contributed by atoms with Crippen LogP contribution in [0.25, 0.3) is 0 Å². The number of benzene rings is 3. The predicted octanol–water partition coefficient (Wildman–Crippen LogP) is 5.85. The molecule has 0 saturated carbocycles. The fourth-order valence-electron chi connectivity index (χ4n) is 7.08. The minimum absolute atomic E-state index is 0.0370. The summed E-state index contributed by atoms with van der Waals surface area (Å²) in [5.41, 5.74) is 4.01. The van der Waals surface area contributed by atoms with Crippen LogP contribution in [0.5, 0.6) is 5.75 Å². The van der Waals surface area contributed by atoms with Gasteiger partial charge in [-0.3, -0.25) is 29.3 Å². The van der Waals surface area contributed by atoms with Crippen LogP contribution >= 0.6 is 0 Å². The van der Waals surface area contributed by atoms with Gasteiger partial charge in [-0.25, -0.2) is 4.79 Å². The lowest BCUT2D eigenvalue weighted by molar-refractivity contribution is -0.146. The molecule has 3 aromatic carbocycles. The van der Waals surface area contributed by atoms with Crippen molar-refractivity contribution in [1.82, 2.24) is 10.2 Å². The second-order valence-corrected chi connectivity index (χ2v) is 15.3. The maximum absolute atomic E-state index is 14.0. The first-order chi connectivity index (χ1) is 28.7. The second-order valence-electron chi connectivity index (χ2n) is 15.3. The lowest BCUT2D eigenvalue weighted by atomic mass is 9.91. The summed E-state index contributed by atoms with van der Waals surface area (Å²) in [5, 5.41) is 24.8. The first-order valence-corrected chi connectivity index (χ1v) is 20.3. The highest BCUT2D eigenvalue weighted by Gasteiger charge is 2.31. The quantitative estimate of drug-likeness (QED) is 0.0743. The minimum atomic E-state index is -0.925. The van der Waals surface area contributed by atoms with Gasteiger partial charge in [0.25, 0.3) is 5.91 Å². The van der Waals surface area contributed by atoms with E-state index in [9.17, 15) is 39.0 Å². The topological polar surface area (TPSA) is 198 Å². The Labute approximate surface area is 351 Å². The van der Waals surface area contributed by atoms with Crippen LogP contribution in [-0.4, -0.2) is 89.7 Å². The standard InChI is InChI=1S/C46H57N3O11/c1-6-20-59-43(54)26-37(29(2)3)44(55)47-30(4)40(51)22-32-13-15-33(16-14-32)28-60-46(57)48-39-24-35(18-17-31-10-9-11-34(21-31)23-42(52)53)41(58-5)25-38(39)45(56)49-19-8-7-12-36(49)27-50/h6,9-11,13-16,21,24-25,29-30,36-37,50H,1,7-8,12,17-20,22-23,26-28H2,2-5H3,(H,47,55)(H,48,57)(H,52,53)/t30-,36-,37-/m0/s1. The van der Waals surface area contributed by atoms with E-state index in [-0.39, 0.29) is 74.0 Å². The lowest BCUT2D eigenvalue weighted by Gasteiger charge is -2.35. The molecule has 1 aliphatic heterocycles. The molecule has 14 heteroatoms. The SMILES string of the molecule is C=CCOC(=O)C[C@H](C(=O)N[C@@H](C)C(=O)Cc1ccc(COC(=O)Nc2cc(CCc3cccc(CC(=O)O)c3)c(OC)cc2C(=O)N2CCCC[C@H]2CO)cc1)C(C)C. The molecule has 0 spiro atoms. The molecule has 0 bridgehead atoms. The number of carboxylic acid groups (broad SMARTS) is 1. The van der Waals surface area contributed by atoms with Crippen LogP contribution < -0.4 is 15.4 Å². The molecule has 3 atom stereocenters. The normalized spacial score (nSPS) is 14.7. The first kappa shape index (κ1) is 46.7. The zero-order valence-corrected chi connectivity index (χ0v) is 34.9. The maximum Gasteiger partial charge on any atom is 0.411 e. The van der Waals surface area contributed by atoms with Crippen molar-refractivity contribution in [3.05, 3.63) is 107 Å². The van der Waals surface area contributed by atoms with Crippen LogP contribution in [0.1, 0.15) is 84.6 Å². The number of hydrogen-bond donors (Lipinski definition) is 4. The van der Waals surface area contributed by atoms with E-state index >= 15 is 0 Å². The van der Waals surface area contributed by atoms with Gasteiger partial charge in [-0.05, 0) is 84.9 Å². The Kier molecular flexibility index (Phi) is 17.8. The number of ketones is 1. The van der Waals surface area contributed by atoms with Crippen LogP contribution in [0, 0.1) is 11.8 Å². The molecule has 60 heavy (non-hydrogen) atoms. The van der Waals surface area contributed by atoms with Gasteiger partial charge in [-0.2, -0.15) is 0 Å². The van der Waals surface area contributed by atoms with Gasteiger partial charge in [0, 0.05) is 13.0 Å². The lowest BCUT2D eigenvalue weighted by Crippen LogP contribution is -2.45. The highest BCUT2D eigenvalue weighted by atomic mass is 16.5. The number of Topliss-reactive ketones (excluding diaryl/α,β-unsaturated/α-hetero) is 1. The van der Waals surface area contributed by atoms with Crippen molar-refractivity contribution in [2.75, 3.05) is 32.2 Å². The highest BCUT2D eigenvalue weighted by Crippen LogP contribution is 2.32. The van der Waals surface area contributed by atoms with Gasteiger partial charge in [-0.1, -0.05) is 75.0 Å². The Morgan fingerprint density at radius 3 is 2.28 bits per heavy atom. The zero-order valence-electron chi connectivity index (χ0n) is 34.9. The summed E-state index contributed by atoms with van der Waals surface area (Å²) < 4.78 is 16.3. The number of nitrogens with zero attached hydrogens (tertiary/aromatic N) is 1. The smallest absolute Gasteiger partial charge is 0.411 e. The van der Waals surface area contributed by atoms with Crippen LogP contribution in [0.4, 0.5) is 10.5 Å². The number of aliphatic hydroxyl groups is 1. The molecule has 3 aromatic rings. The van der Waals surface area contributed by atoms with Crippen molar-refractivity contribution >= 4 is 41.3 Å². The van der Waals surface area contributed by atoms with Crippen molar-refractivity contribution in [3.63, 3.8) is 0 Å². The van der Waals surface area contributed by atoms with E-state index in [0.717, 1.165) is 18.4 Å². The van der Waals surface area contributed by atoms with E-state index in [1.807, 2.05) is 26.0 Å². The number of carbonyl (C=O) groups is 6. The second kappa shape index (κ2) is 22.9. The van der Waals surface area contributed by atoms with Crippen LogP contribution in [0.2, 0.25) is 0 Å². The average Bonchev–Trinajstić information content (AvgIpc) is 3.23. The molecule has 1 saturated heterocycles. The molecule has 0 radical (unpaired) electrons. The van der Waals surface area contributed by atoms with E-state index in [0.29, 0.717) is 53.8 Å². The third-order valence-electron chi connectivity index (χ3n) is 10.5. The van der Waals surface area contributed by atoms with Gasteiger partial charge in [0.05, 0.1) is 55.8 Å². The largest absolute Gasteiger partial charge is 0.496 e. The number of hydrogen-bond acceptors (Lipinski definition) is 10. The molecular formula is C46H57N3O11. The number of rotatable bonds is 21. The molecule has 3 amide bonds. The third-order valence-corrected chi connectivity index (χ3v) is 10.5. The Bertz CT molecular complexity index is 2000. The van der Waals surface area contributed by atoms with E-state index in [2.05, 4.69) is 17.2 Å². The predicted molar refractivity (Wildman–Crippen MR) is 225 cm³/mol. The van der Waals surface area contributed by atoms with Gasteiger partial charge in [-0.15, -0.1) is 0 Å². The summed E-state index contributed by atoms with van der Waals surface area (Å²) >= 11 is 0. The number of methoxy groups -OCH3 is 1. The number of amides is 3. The minimum Gasteiger partial charge on any atom is -0.496 e. The Hall–Kier alpha value is -6.02. The van der Waals surface area contributed by atoms with Crippen molar-refractivity contribution in [1.29, 1.82) is 0 Å². The number of esters is 1. The number of likely N-dealkylation sites (tertiary alicyclic amines) is 1. The van der Waals surface area contributed by atoms with Gasteiger partial charge >= 0.3 is 18.0 Å². The summed E-state index contributed by atoms with van der Waals surface area (Å²) in [7, 11) is 1.50. The maximum atomic E-state index is 14.0. The number of aliphatic hydroxyl groups excluding tert-OH is 1. The van der Waals surface area contributed by atoms with Gasteiger partial charge in [0.2, 0.25) is 5.91 Å². The molecular weight excluding hydrogens is 771 g/mol. The van der Waals surface area contributed by atoms with E-state index in [1.54, 1.807) is 60.4 Å². The molecule has 0 aromatic heterocycles. The molecule has 1 aliphatic rings. The van der Waals surface area contributed by atoms with Crippen molar-refractivity contribution in [2.24, 2.45) is 11.8 Å². The fourth-order valence-corrected chi connectivity index (χ4v) is 7.08. The number of aryl methyl sites for hydroxylation is 2. The van der Waals surface area contributed by atoms with Gasteiger partial charge < -0.3 is 34.6 Å². The molecule has 14 nitrogen and oxygen atoms in total. The van der Waals surface area contributed by atoms with Gasteiger partial charge in [0.15, 0.2) is 5.78 Å². The molecule has 4 N–H and O–H groups in total. The van der Waals surface area contributed by atoms with E-state index in [4.69, 9.17) is 14.2 Å². The molecule has 1 heterocycles. The molecule has 1 fully saturated rings. The Morgan fingerprint density at radius 2 is 1.62 bits per heavy atom. The molecule has 0 aliphatic carbocycles. The number of carboxylic acids is 1. The summed E-state index contributed by atoms with van der Waals surface area (Å²) in [6.45, 7) is 8.95. The van der Waals surface area contributed by atoms with E-state index < -0.39 is 35.9 Å². The summed E-state index contributed by atoms with van der Waals surface area (Å²) in [4.78, 5) is 78.4. The number of carbonyl (C=O) groups excluding carboxylic acids is 5. The molecule has 0 unspecified atom stereocenters. The van der Waals surface area contributed by atoms with Crippen molar-refractivity contribution < 1.29 is 53.2 Å². The van der Waals surface area contributed by atoms with Crippen molar-refractivity contribution in [3.8, 4) is 5.75 Å². The van der Waals surface area contributed by atoms with E-state index in [1.165, 1.54) is 13.2 Å². The third kappa shape index (κ3) is 13.8. The Morgan fingerprint density at radius 1 is 0.900 bits per heavy atom. The summed E-state index contributed by atoms with van der Waals surface area (Å²) in [6, 6.07) is 16.3. The van der Waals surface area contributed by atoms with Crippen molar-refractivity contribution in [2.45, 2.75) is 90.8 Å². The number of anilines is 1. The van der Waals surface area contributed by atoms with Gasteiger partial charge in [0.1, 0.15) is 19.0 Å². The monoisotopic (exact) mass is 827 g/mol. The first-order valence-electron chi connectivity index (χ1n) is 20.3. The van der Waals surface area contributed by atoms with Crippen LogP contribution in [-0.2, 0) is 60.9 Å². The molecule has 4 rings (SSSR count). The number of piperidine rings is 1. The summed E-state index contributed by atoms with van der Waals surface area (Å²) in [6.07, 6.45) is 3.76. The Balaban J connectivity index is 1.43. The highest BCUT2D eigenvalue weighted by molar-refractivity contribution is 6.03. The average molecular weight is 828 g/mol. The van der Waals surface area contributed by atoms with Crippen LogP contribution in [0.15, 0.2) is 73.3 Å². The molecule has 322 valence electrons. The number of aliphatic carboxylic acids is 1. The fraction of sp³-hybridized carbons (Fsp3) is 0.435. The number of ether oxygens (including phenoxy) is 3. The van der Waals surface area contributed by atoms with Crippen LogP contribution in [0.3, 0.4) is 0 Å². The number of nitrogens with one attached hydrogen (secondary N) is 2. The summed E-state index contributed by atoms with van der Waals surface area (Å²) in [5.74, 6) is -2.83. The zero-order chi connectivity index (χ0) is 43.8.